The van der Waals surface area contributed by atoms with E-state index in [-0.39, 0.29) is 6.10 Å². The Balaban J connectivity index is 1.98. The first-order valence-electron chi connectivity index (χ1n) is 3.24. The van der Waals surface area contributed by atoms with Crippen LogP contribution in [0.5, 0.6) is 0 Å². The summed E-state index contributed by atoms with van der Waals surface area (Å²) in [6.45, 7) is 3.11. The minimum atomic E-state index is -0.0148. The van der Waals surface area contributed by atoms with Gasteiger partial charge in [0.15, 0.2) is 0 Å². The molecular weight excluding hydrogens is 102 g/mol. The largest absolute Gasteiger partial charge is 0.393 e. The van der Waals surface area contributed by atoms with Crippen molar-refractivity contribution in [2.75, 3.05) is 6.54 Å². The summed E-state index contributed by atoms with van der Waals surface area (Å²) in [5, 5.41) is 12.1. The first-order chi connectivity index (χ1) is 3.83. The summed E-state index contributed by atoms with van der Waals surface area (Å²) in [4.78, 5) is 0. The van der Waals surface area contributed by atoms with Gasteiger partial charge in [0.25, 0.3) is 0 Å². The predicted octanol–water partition coefficient (Wildman–Crippen LogP) is 0.119. The third-order valence-corrected chi connectivity index (χ3v) is 1.61. The molecule has 0 saturated heterocycles. The number of hydrogen-bond acceptors (Lipinski definition) is 2. The van der Waals surface area contributed by atoms with Crippen molar-refractivity contribution in [1.29, 1.82) is 0 Å². The molecule has 2 nitrogen and oxygen atoms in total. The molecule has 48 valence electrons. The van der Waals surface area contributed by atoms with E-state index in [1.807, 2.05) is 0 Å². The van der Waals surface area contributed by atoms with Crippen LogP contribution < -0.4 is 5.32 Å². The molecule has 0 aromatic carbocycles. The molecule has 1 aliphatic rings. The van der Waals surface area contributed by atoms with Crippen LogP contribution in [-0.4, -0.2) is 23.8 Å². The van der Waals surface area contributed by atoms with Crippen molar-refractivity contribution in [3.05, 3.63) is 0 Å². The Kier molecular flexibility index (Phi) is 1.86. The topological polar surface area (TPSA) is 32.3 Å². The number of rotatable bonds is 2. The standard InChI is InChI=1S/C6H13NO/c1-2-7-5-3-6(8)4-5/h5-8H,2-4H2,1H3/t5-,6-. The minimum absolute atomic E-state index is 0.0148. The molecule has 2 heteroatoms. The Hall–Kier alpha value is -0.0800. The molecular formula is C6H13NO. The number of aliphatic hydroxyl groups excluding tert-OH is 1. The molecule has 0 spiro atoms. The highest BCUT2D eigenvalue weighted by Gasteiger charge is 2.25. The van der Waals surface area contributed by atoms with E-state index in [0.29, 0.717) is 6.04 Å². The zero-order chi connectivity index (χ0) is 5.98. The van der Waals surface area contributed by atoms with Crippen LogP contribution >= 0.6 is 0 Å². The fourth-order valence-corrected chi connectivity index (χ4v) is 1.04. The molecule has 1 rings (SSSR count). The maximum atomic E-state index is 8.80. The third kappa shape index (κ3) is 1.20. The first kappa shape index (κ1) is 6.05. The maximum Gasteiger partial charge on any atom is 0.0570 e. The van der Waals surface area contributed by atoms with Gasteiger partial charge in [-0.2, -0.15) is 0 Å². The zero-order valence-electron chi connectivity index (χ0n) is 5.22. The van der Waals surface area contributed by atoms with E-state index in [9.17, 15) is 0 Å². The van der Waals surface area contributed by atoms with E-state index in [1.54, 1.807) is 0 Å². The fraction of sp³-hybridized carbons (Fsp3) is 1.00. The van der Waals surface area contributed by atoms with Gasteiger partial charge < -0.3 is 10.4 Å². The average Bonchev–Trinajstić information content (AvgIpc) is 1.64. The lowest BCUT2D eigenvalue weighted by atomic mass is 9.90. The SMILES string of the molecule is CCN[C@H]1C[C@H](O)C1. The Labute approximate surface area is 49.9 Å². The van der Waals surface area contributed by atoms with Crippen molar-refractivity contribution >= 4 is 0 Å². The lowest BCUT2D eigenvalue weighted by molar-refractivity contribution is 0.0634. The monoisotopic (exact) mass is 115 g/mol. The highest BCUT2D eigenvalue weighted by molar-refractivity contribution is 4.83. The van der Waals surface area contributed by atoms with Crippen molar-refractivity contribution < 1.29 is 5.11 Å². The molecule has 0 radical (unpaired) electrons. The average molecular weight is 115 g/mol. The van der Waals surface area contributed by atoms with E-state index < -0.39 is 0 Å². The normalized spacial score (nSPS) is 36.8. The van der Waals surface area contributed by atoms with Crippen LogP contribution in [0.2, 0.25) is 0 Å². The van der Waals surface area contributed by atoms with Crippen LogP contribution in [0, 0.1) is 0 Å². The van der Waals surface area contributed by atoms with Gasteiger partial charge in [-0.25, -0.2) is 0 Å². The van der Waals surface area contributed by atoms with Crippen molar-refractivity contribution in [2.45, 2.75) is 31.9 Å². The molecule has 0 atom stereocenters. The number of aliphatic hydroxyl groups is 1. The fourth-order valence-electron chi connectivity index (χ4n) is 1.04. The smallest absolute Gasteiger partial charge is 0.0570 e. The molecule has 8 heavy (non-hydrogen) atoms. The summed E-state index contributed by atoms with van der Waals surface area (Å²) in [5.74, 6) is 0. The van der Waals surface area contributed by atoms with Crippen molar-refractivity contribution in [1.82, 2.24) is 5.32 Å². The lowest BCUT2D eigenvalue weighted by Gasteiger charge is -2.31. The predicted molar refractivity (Wildman–Crippen MR) is 32.7 cm³/mol. The van der Waals surface area contributed by atoms with Gasteiger partial charge in [-0.3, -0.25) is 0 Å². The summed E-state index contributed by atoms with van der Waals surface area (Å²) in [6, 6.07) is 0.606. The molecule has 1 fully saturated rings. The highest BCUT2D eigenvalue weighted by atomic mass is 16.3. The lowest BCUT2D eigenvalue weighted by Crippen LogP contribution is -2.43. The van der Waals surface area contributed by atoms with Gasteiger partial charge >= 0.3 is 0 Å². The van der Waals surface area contributed by atoms with Gasteiger partial charge in [-0.15, -0.1) is 0 Å². The summed E-state index contributed by atoms with van der Waals surface area (Å²) >= 11 is 0. The number of hydrogen-bond donors (Lipinski definition) is 2. The highest BCUT2D eigenvalue weighted by Crippen LogP contribution is 2.18. The van der Waals surface area contributed by atoms with E-state index in [2.05, 4.69) is 12.2 Å². The molecule has 0 aromatic rings. The van der Waals surface area contributed by atoms with Gasteiger partial charge in [0.2, 0.25) is 0 Å². The van der Waals surface area contributed by atoms with Crippen LogP contribution in [0.1, 0.15) is 19.8 Å². The quantitative estimate of drug-likeness (QED) is 0.535. The summed E-state index contributed by atoms with van der Waals surface area (Å²) < 4.78 is 0. The van der Waals surface area contributed by atoms with Gasteiger partial charge in [-0.05, 0) is 19.4 Å². The Morgan fingerprint density at radius 2 is 2.25 bits per heavy atom. The molecule has 0 heterocycles. The minimum Gasteiger partial charge on any atom is -0.393 e. The summed E-state index contributed by atoms with van der Waals surface area (Å²) in [7, 11) is 0. The molecule has 0 unspecified atom stereocenters. The van der Waals surface area contributed by atoms with Gasteiger partial charge in [-0.1, -0.05) is 6.92 Å². The molecule has 0 amide bonds. The summed E-state index contributed by atoms with van der Waals surface area (Å²) in [6.07, 6.45) is 1.89. The van der Waals surface area contributed by atoms with Crippen molar-refractivity contribution in [2.24, 2.45) is 0 Å². The second-order valence-corrected chi connectivity index (χ2v) is 2.38. The zero-order valence-corrected chi connectivity index (χ0v) is 5.22. The molecule has 1 saturated carbocycles. The molecule has 0 aromatic heterocycles. The Morgan fingerprint density at radius 1 is 1.62 bits per heavy atom. The van der Waals surface area contributed by atoms with Gasteiger partial charge in [0.05, 0.1) is 6.10 Å². The number of nitrogens with one attached hydrogen (secondary N) is 1. The van der Waals surface area contributed by atoms with Crippen LogP contribution in [0.3, 0.4) is 0 Å². The first-order valence-corrected chi connectivity index (χ1v) is 3.24. The second-order valence-electron chi connectivity index (χ2n) is 2.38. The van der Waals surface area contributed by atoms with Gasteiger partial charge in [0, 0.05) is 6.04 Å². The second kappa shape index (κ2) is 2.46. The van der Waals surface area contributed by atoms with E-state index in [4.69, 9.17) is 5.11 Å². The van der Waals surface area contributed by atoms with Crippen LogP contribution in [0.25, 0.3) is 0 Å². The molecule has 1 aliphatic carbocycles. The van der Waals surface area contributed by atoms with E-state index in [1.165, 1.54) is 0 Å². The van der Waals surface area contributed by atoms with E-state index >= 15 is 0 Å². The van der Waals surface area contributed by atoms with E-state index in [0.717, 1.165) is 19.4 Å². The van der Waals surface area contributed by atoms with Crippen molar-refractivity contribution in [3.8, 4) is 0 Å². The third-order valence-electron chi connectivity index (χ3n) is 1.61. The molecule has 2 N–H and O–H groups in total. The molecule has 0 aliphatic heterocycles. The Morgan fingerprint density at radius 3 is 2.62 bits per heavy atom. The van der Waals surface area contributed by atoms with Crippen LogP contribution in [0.15, 0.2) is 0 Å². The molecule has 0 bridgehead atoms. The maximum absolute atomic E-state index is 8.80. The Bertz CT molecular complexity index is 66.2. The summed E-state index contributed by atoms with van der Waals surface area (Å²) in [5.41, 5.74) is 0. The van der Waals surface area contributed by atoms with Gasteiger partial charge in [0.1, 0.15) is 0 Å². The van der Waals surface area contributed by atoms with Crippen LogP contribution in [0.4, 0.5) is 0 Å². The van der Waals surface area contributed by atoms with Crippen molar-refractivity contribution in [3.63, 3.8) is 0 Å². The van der Waals surface area contributed by atoms with Crippen LogP contribution in [-0.2, 0) is 0 Å².